The van der Waals surface area contributed by atoms with Crippen LogP contribution >= 0.6 is 23.2 Å². The fraction of sp³-hybridized carbons (Fsp3) is 0.0476. The third-order valence-electron chi connectivity index (χ3n) is 4.49. The van der Waals surface area contributed by atoms with Gasteiger partial charge in [0.2, 0.25) is 0 Å². The molecule has 4 aromatic rings. The minimum atomic E-state index is -1.63. The summed E-state index contributed by atoms with van der Waals surface area (Å²) in [4.78, 5) is 12.0. The SMILES string of the molecule is C[S+]([O-])NC(=O)c1cc(Cl)c(-n2nc(Cl)c3cc(-c4ccccc4)ccc32)cc1F. The Morgan fingerprint density at radius 1 is 1.10 bits per heavy atom. The van der Waals surface area contributed by atoms with E-state index in [0.717, 1.165) is 17.2 Å². The molecule has 152 valence electrons. The van der Waals surface area contributed by atoms with Crippen LogP contribution in [0.25, 0.3) is 27.7 Å². The van der Waals surface area contributed by atoms with Gasteiger partial charge in [-0.2, -0.15) is 9.82 Å². The maximum absolute atomic E-state index is 14.6. The summed E-state index contributed by atoms with van der Waals surface area (Å²) >= 11 is 11.0. The Labute approximate surface area is 184 Å². The topological polar surface area (TPSA) is 70.0 Å². The molecule has 9 heteroatoms. The van der Waals surface area contributed by atoms with Gasteiger partial charge in [0.25, 0.3) is 5.91 Å². The van der Waals surface area contributed by atoms with E-state index < -0.39 is 23.1 Å². The molecule has 30 heavy (non-hydrogen) atoms. The number of benzene rings is 3. The van der Waals surface area contributed by atoms with Crippen LogP contribution in [0.3, 0.4) is 0 Å². The quantitative estimate of drug-likeness (QED) is 0.426. The van der Waals surface area contributed by atoms with Crippen molar-refractivity contribution in [1.29, 1.82) is 0 Å². The second-order valence-corrected chi connectivity index (χ2v) is 8.35. The van der Waals surface area contributed by atoms with Crippen molar-refractivity contribution in [2.24, 2.45) is 0 Å². The average Bonchev–Trinajstić information content (AvgIpc) is 3.05. The second kappa shape index (κ2) is 8.28. The van der Waals surface area contributed by atoms with Crippen molar-refractivity contribution in [2.75, 3.05) is 6.26 Å². The summed E-state index contributed by atoms with van der Waals surface area (Å²) in [5, 5.41) is 5.31. The Kier molecular flexibility index (Phi) is 5.71. The summed E-state index contributed by atoms with van der Waals surface area (Å²) in [7, 11) is 0. The summed E-state index contributed by atoms with van der Waals surface area (Å²) in [6.45, 7) is 0. The maximum Gasteiger partial charge on any atom is 0.295 e. The highest BCUT2D eigenvalue weighted by molar-refractivity contribution is 7.89. The van der Waals surface area contributed by atoms with Gasteiger partial charge in [0.15, 0.2) is 5.15 Å². The predicted octanol–water partition coefficient (Wildman–Crippen LogP) is 5.16. The Balaban J connectivity index is 1.80. The lowest BCUT2D eigenvalue weighted by Gasteiger charge is -2.11. The van der Waals surface area contributed by atoms with Crippen LogP contribution in [-0.4, -0.2) is 26.5 Å². The molecule has 1 aromatic heterocycles. The number of aromatic nitrogens is 2. The molecule has 1 heterocycles. The standard InChI is InChI=1S/C21H14Cl2FN3O2S/c1-30(29)26-21(28)14-10-16(22)19(11-17(14)24)27-18-8-7-13(9-15(18)20(23)25-27)12-5-3-2-4-6-12/h2-11H,1H3,(H,26,28). The van der Waals surface area contributed by atoms with E-state index >= 15 is 0 Å². The number of hydrogen-bond acceptors (Lipinski definition) is 3. The largest absolute Gasteiger partial charge is 0.593 e. The highest BCUT2D eigenvalue weighted by Crippen LogP contribution is 2.33. The molecule has 0 aliphatic heterocycles. The van der Waals surface area contributed by atoms with E-state index in [1.807, 2.05) is 48.5 Å². The van der Waals surface area contributed by atoms with Crippen LogP contribution in [0.1, 0.15) is 10.4 Å². The van der Waals surface area contributed by atoms with Gasteiger partial charge in [0.05, 0.1) is 33.2 Å². The first kappa shape index (κ1) is 20.7. The summed E-state index contributed by atoms with van der Waals surface area (Å²) < 4.78 is 29.4. The Morgan fingerprint density at radius 3 is 2.53 bits per heavy atom. The van der Waals surface area contributed by atoms with Crippen molar-refractivity contribution in [3.05, 3.63) is 82.2 Å². The first-order chi connectivity index (χ1) is 14.3. The summed E-state index contributed by atoms with van der Waals surface area (Å²) in [6.07, 6.45) is 1.27. The van der Waals surface area contributed by atoms with E-state index in [4.69, 9.17) is 23.2 Å². The smallest absolute Gasteiger partial charge is 0.295 e. The highest BCUT2D eigenvalue weighted by atomic mass is 35.5. The monoisotopic (exact) mass is 461 g/mol. The molecular weight excluding hydrogens is 448 g/mol. The fourth-order valence-electron chi connectivity index (χ4n) is 3.13. The van der Waals surface area contributed by atoms with Gasteiger partial charge in [-0.05, 0) is 29.3 Å². The third-order valence-corrected chi connectivity index (χ3v) is 5.54. The van der Waals surface area contributed by atoms with Gasteiger partial charge < -0.3 is 4.55 Å². The molecule has 4 rings (SSSR count). The lowest BCUT2D eigenvalue weighted by atomic mass is 10.0. The summed E-state index contributed by atoms with van der Waals surface area (Å²) in [5.74, 6) is -1.64. The van der Waals surface area contributed by atoms with Crippen molar-refractivity contribution >= 4 is 51.4 Å². The van der Waals surface area contributed by atoms with Crippen LogP contribution in [0.5, 0.6) is 0 Å². The second-order valence-electron chi connectivity index (χ2n) is 6.47. The molecule has 1 amide bonds. The zero-order valence-electron chi connectivity index (χ0n) is 15.5. The number of amides is 1. The number of halogens is 3. The van der Waals surface area contributed by atoms with Crippen molar-refractivity contribution in [2.45, 2.75) is 0 Å². The number of fused-ring (bicyclic) bond motifs is 1. The van der Waals surface area contributed by atoms with Crippen molar-refractivity contribution in [3.8, 4) is 16.8 Å². The molecule has 0 aliphatic rings. The zero-order chi connectivity index (χ0) is 21.4. The van der Waals surface area contributed by atoms with Crippen LogP contribution in [0.4, 0.5) is 4.39 Å². The maximum atomic E-state index is 14.6. The molecule has 0 aliphatic carbocycles. The van der Waals surface area contributed by atoms with Gasteiger partial charge in [0, 0.05) is 11.5 Å². The minimum absolute atomic E-state index is 0.0941. The summed E-state index contributed by atoms with van der Waals surface area (Å²) in [5.41, 5.74) is 2.53. The van der Waals surface area contributed by atoms with Crippen LogP contribution < -0.4 is 4.72 Å². The van der Waals surface area contributed by atoms with Gasteiger partial charge in [-0.15, -0.1) is 0 Å². The Morgan fingerprint density at radius 2 is 1.83 bits per heavy atom. The van der Waals surface area contributed by atoms with Gasteiger partial charge in [-0.25, -0.2) is 9.07 Å². The molecule has 5 nitrogen and oxygen atoms in total. The number of nitrogens with zero attached hydrogens (tertiary/aromatic N) is 2. The van der Waals surface area contributed by atoms with Gasteiger partial charge >= 0.3 is 0 Å². The van der Waals surface area contributed by atoms with Crippen molar-refractivity contribution in [1.82, 2.24) is 14.5 Å². The van der Waals surface area contributed by atoms with Crippen molar-refractivity contribution in [3.63, 3.8) is 0 Å². The molecule has 0 bridgehead atoms. The minimum Gasteiger partial charge on any atom is -0.593 e. The highest BCUT2D eigenvalue weighted by Gasteiger charge is 2.21. The number of carbonyl (C=O) groups excluding carboxylic acids is 1. The first-order valence-electron chi connectivity index (χ1n) is 8.72. The molecule has 0 saturated heterocycles. The van der Waals surface area contributed by atoms with Gasteiger partial charge in [0.1, 0.15) is 12.1 Å². The third kappa shape index (κ3) is 3.89. The lowest BCUT2D eigenvalue weighted by Crippen LogP contribution is -2.30. The molecule has 0 saturated carbocycles. The zero-order valence-corrected chi connectivity index (χ0v) is 17.9. The molecule has 0 fully saturated rings. The van der Waals surface area contributed by atoms with Gasteiger partial charge in [-0.3, -0.25) is 4.79 Å². The number of carbonyl (C=O) groups is 1. The van der Waals surface area contributed by atoms with E-state index in [9.17, 15) is 13.7 Å². The molecule has 0 spiro atoms. The van der Waals surface area contributed by atoms with E-state index in [-0.39, 0.29) is 21.4 Å². The van der Waals surface area contributed by atoms with E-state index in [2.05, 4.69) is 9.82 Å². The molecule has 3 aromatic carbocycles. The normalized spacial score (nSPS) is 12.2. The Hall–Kier alpha value is -2.58. The fourth-order valence-corrected chi connectivity index (χ4v) is 3.98. The van der Waals surface area contributed by atoms with Gasteiger partial charge in [-0.1, -0.05) is 59.6 Å². The van der Waals surface area contributed by atoms with E-state index in [0.29, 0.717) is 10.9 Å². The number of nitrogens with one attached hydrogen (secondary N) is 1. The van der Waals surface area contributed by atoms with E-state index in [1.54, 1.807) is 0 Å². The Bertz CT molecular complexity index is 1260. The van der Waals surface area contributed by atoms with Crippen LogP contribution in [0.2, 0.25) is 10.2 Å². The number of rotatable bonds is 4. The number of hydrogen-bond donors (Lipinski definition) is 1. The first-order valence-corrected chi connectivity index (χ1v) is 11.0. The molecule has 1 unspecified atom stereocenters. The van der Waals surface area contributed by atoms with Crippen molar-refractivity contribution < 1.29 is 13.7 Å². The molecular formula is C21H14Cl2FN3O2S. The molecule has 1 atom stereocenters. The molecule has 1 N–H and O–H groups in total. The van der Waals surface area contributed by atoms with Crippen LogP contribution in [-0.2, 0) is 11.4 Å². The van der Waals surface area contributed by atoms with E-state index in [1.165, 1.54) is 17.0 Å². The van der Waals surface area contributed by atoms with Crippen LogP contribution in [0, 0.1) is 5.82 Å². The van der Waals surface area contributed by atoms with Crippen LogP contribution in [0.15, 0.2) is 60.7 Å². The molecule has 0 radical (unpaired) electrons. The lowest BCUT2D eigenvalue weighted by molar-refractivity contribution is 0.0977. The predicted molar refractivity (Wildman–Crippen MR) is 118 cm³/mol. The average molecular weight is 462 g/mol. The summed E-state index contributed by atoms with van der Waals surface area (Å²) in [6, 6.07) is 17.7.